The molecule has 1 aromatic carbocycles. The maximum Gasteiger partial charge on any atom is 0.421 e. The molecule has 3 N–H and O–H groups in total. The first kappa shape index (κ1) is 17.2. The third kappa shape index (κ3) is 5.21. The lowest BCUT2D eigenvalue weighted by Crippen LogP contribution is -2.44. The number of carbonyl (C=O) groups is 2. The molecule has 1 rings (SSSR count). The number of nitrogens with one attached hydrogen (secondary N) is 2. The van der Waals surface area contributed by atoms with Crippen LogP contribution in [0.15, 0.2) is 24.3 Å². The van der Waals surface area contributed by atoms with Gasteiger partial charge in [-0.3, -0.25) is 4.79 Å². The molecule has 1 aromatic rings. The molecule has 21 heavy (non-hydrogen) atoms. The van der Waals surface area contributed by atoms with Gasteiger partial charge in [0.05, 0.1) is 6.61 Å². The summed E-state index contributed by atoms with van der Waals surface area (Å²) in [6, 6.07) is 4.19. The van der Waals surface area contributed by atoms with Crippen LogP contribution in [0.3, 0.4) is 0 Å². The molecule has 0 fully saturated rings. The molecule has 0 saturated carbocycles. The van der Waals surface area contributed by atoms with E-state index in [0.717, 1.165) is 0 Å². The minimum atomic E-state index is -4.43. The molecule has 0 saturated heterocycles. The van der Waals surface area contributed by atoms with Gasteiger partial charge in [-0.05, 0) is 18.6 Å². The summed E-state index contributed by atoms with van der Waals surface area (Å²) < 4.78 is 31.1. The summed E-state index contributed by atoms with van der Waals surface area (Å²) in [4.78, 5) is 22.3. The van der Waals surface area contributed by atoms with Gasteiger partial charge < -0.3 is 9.84 Å². The Hall–Kier alpha value is -1.84. The Morgan fingerprint density at radius 2 is 2.00 bits per heavy atom. The summed E-state index contributed by atoms with van der Waals surface area (Å²) >= 11 is 5.84. The van der Waals surface area contributed by atoms with E-state index in [0.29, 0.717) is 0 Å². The average Bonchev–Trinajstić information content (AvgIpc) is 2.36. The van der Waals surface area contributed by atoms with Gasteiger partial charge in [0.2, 0.25) is 0 Å². The summed E-state index contributed by atoms with van der Waals surface area (Å²) in [6.45, 7) is 1.46. The highest BCUT2D eigenvalue weighted by molar-refractivity contribution is 7.88. The lowest BCUT2D eigenvalue weighted by Gasteiger charge is -2.16. The molecule has 0 heterocycles. The highest BCUT2D eigenvalue weighted by Crippen LogP contribution is 2.23. The molecule has 0 aliphatic rings. The van der Waals surface area contributed by atoms with Gasteiger partial charge in [-0.1, -0.05) is 29.8 Å². The predicted octanol–water partition coefficient (Wildman–Crippen LogP) is 1.05. The van der Waals surface area contributed by atoms with Gasteiger partial charge in [-0.15, -0.1) is 0 Å². The standard InChI is InChI=1S/C11H13ClN2O6S/c1-2-20-11(17)14-21(18,19)13-9(10(15)16)7-5-3-4-6-8(7)12/h3-6,9,13H,2H2,1H3,(H,14,17)(H,15,16)/t9-/m1/s1. The van der Waals surface area contributed by atoms with Crippen molar-refractivity contribution >= 4 is 33.9 Å². The van der Waals surface area contributed by atoms with Gasteiger partial charge in [0, 0.05) is 5.02 Å². The fourth-order valence-corrected chi connectivity index (χ4v) is 2.53. The molecule has 0 aliphatic carbocycles. The molecule has 116 valence electrons. The minimum absolute atomic E-state index is 0.0335. The van der Waals surface area contributed by atoms with Crippen LogP contribution in [0.5, 0.6) is 0 Å². The van der Waals surface area contributed by atoms with Crippen LogP contribution in [0.4, 0.5) is 4.79 Å². The van der Waals surface area contributed by atoms with Crippen molar-refractivity contribution in [2.45, 2.75) is 13.0 Å². The fourth-order valence-electron chi connectivity index (χ4n) is 1.41. The second-order valence-electron chi connectivity index (χ2n) is 3.74. The van der Waals surface area contributed by atoms with Gasteiger partial charge in [-0.2, -0.15) is 13.1 Å². The molecule has 0 unspecified atom stereocenters. The number of rotatable bonds is 6. The van der Waals surface area contributed by atoms with Gasteiger partial charge in [0.1, 0.15) is 6.04 Å². The first-order chi connectivity index (χ1) is 9.76. The molecule has 0 bridgehead atoms. The number of carbonyl (C=O) groups excluding carboxylic acids is 1. The number of hydrogen-bond donors (Lipinski definition) is 3. The molecule has 8 nitrogen and oxygen atoms in total. The molecular formula is C11H13ClN2O6S. The Bertz CT molecular complexity index is 633. The highest BCUT2D eigenvalue weighted by Gasteiger charge is 2.28. The van der Waals surface area contributed by atoms with Crippen molar-refractivity contribution in [2.24, 2.45) is 0 Å². The number of carboxylic acid groups (broad SMARTS) is 1. The Labute approximate surface area is 126 Å². The van der Waals surface area contributed by atoms with Gasteiger partial charge >= 0.3 is 22.3 Å². The Morgan fingerprint density at radius 1 is 1.38 bits per heavy atom. The monoisotopic (exact) mass is 336 g/mol. The van der Waals surface area contributed by atoms with E-state index in [9.17, 15) is 18.0 Å². The third-order valence-electron chi connectivity index (χ3n) is 2.23. The van der Waals surface area contributed by atoms with Crippen LogP contribution in [-0.4, -0.2) is 32.2 Å². The number of benzene rings is 1. The van der Waals surface area contributed by atoms with E-state index < -0.39 is 28.3 Å². The Balaban J connectivity index is 2.97. The summed E-state index contributed by atoms with van der Waals surface area (Å²) in [5, 5.41) is 9.20. The summed E-state index contributed by atoms with van der Waals surface area (Å²) in [5.41, 5.74) is 0.0425. The number of aliphatic carboxylic acids is 1. The largest absolute Gasteiger partial charge is 0.480 e. The maximum absolute atomic E-state index is 11.7. The predicted molar refractivity (Wildman–Crippen MR) is 74.0 cm³/mol. The van der Waals surface area contributed by atoms with Crippen molar-refractivity contribution < 1.29 is 27.9 Å². The van der Waals surface area contributed by atoms with Crippen LogP contribution in [0.1, 0.15) is 18.5 Å². The second kappa shape index (κ2) is 7.25. The lowest BCUT2D eigenvalue weighted by molar-refractivity contribution is -0.139. The maximum atomic E-state index is 11.7. The second-order valence-corrected chi connectivity index (χ2v) is 5.59. The fraction of sp³-hybridized carbons (Fsp3) is 0.273. The molecule has 10 heteroatoms. The van der Waals surface area contributed by atoms with Crippen molar-refractivity contribution in [3.8, 4) is 0 Å². The number of ether oxygens (including phenoxy) is 1. The zero-order valence-electron chi connectivity index (χ0n) is 10.9. The van der Waals surface area contributed by atoms with E-state index >= 15 is 0 Å². The van der Waals surface area contributed by atoms with Crippen LogP contribution in [0.2, 0.25) is 5.02 Å². The smallest absolute Gasteiger partial charge is 0.421 e. The normalized spacial score (nSPS) is 12.5. The van der Waals surface area contributed by atoms with Crippen LogP contribution in [0.25, 0.3) is 0 Å². The van der Waals surface area contributed by atoms with Crippen molar-refractivity contribution in [3.63, 3.8) is 0 Å². The molecule has 0 aromatic heterocycles. The third-order valence-corrected chi connectivity index (χ3v) is 3.55. The van der Waals surface area contributed by atoms with E-state index in [1.54, 1.807) is 6.07 Å². The Kier molecular flexibility index (Phi) is 5.94. The van der Waals surface area contributed by atoms with Gasteiger partial charge in [0.25, 0.3) is 0 Å². The van der Waals surface area contributed by atoms with Crippen LogP contribution in [0, 0.1) is 0 Å². The first-order valence-corrected chi connectivity index (χ1v) is 7.57. The zero-order chi connectivity index (χ0) is 16.0. The van der Waals surface area contributed by atoms with E-state index in [-0.39, 0.29) is 17.2 Å². The zero-order valence-corrected chi connectivity index (χ0v) is 12.4. The number of amides is 1. The number of hydrogen-bond acceptors (Lipinski definition) is 5. The average molecular weight is 337 g/mol. The summed E-state index contributed by atoms with van der Waals surface area (Å²) in [7, 11) is -4.43. The van der Waals surface area contributed by atoms with Gasteiger partial charge in [0.15, 0.2) is 0 Å². The summed E-state index contributed by atoms with van der Waals surface area (Å²) in [5.74, 6) is -1.47. The molecule has 1 atom stereocenters. The Morgan fingerprint density at radius 3 is 2.52 bits per heavy atom. The van der Waals surface area contributed by atoms with Crippen LogP contribution < -0.4 is 9.44 Å². The quantitative estimate of drug-likeness (QED) is 0.713. The van der Waals surface area contributed by atoms with Crippen LogP contribution in [-0.2, 0) is 19.7 Å². The topological polar surface area (TPSA) is 122 Å². The lowest BCUT2D eigenvalue weighted by atomic mass is 10.1. The van der Waals surface area contributed by atoms with Crippen molar-refractivity contribution in [3.05, 3.63) is 34.9 Å². The molecular weight excluding hydrogens is 324 g/mol. The van der Waals surface area contributed by atoms with Crippen molar-refractivity contribution in [1.29, 1.82) is 0 Å². The molecule has 1 amide bonds. The number of carboxylic acids is 1. The van der Waals surface area contributed by atoms with Gasteiger partial charge in [-0.25, -0.2) is 9.52 Å². The van der Waals surface area contributed by atoms with Crippen molar-refractivity contribution in [1.82, 2.24) is 9.44 Å². The van der Waals surface area contributed by atoms with E-state index in [1.165, 1.54) is 29.8 Å². The highest BCUT2D eigenvalue weighted by atomic mass is 35.5. The summed E-state index contributed by atoms with van der Waals surface area (Å²) in [6.07, 6.45) is -1.21. The van der Waals surface area contributed by atoms with E-state index in [4.69, 9.17) is 16.7 Å². The SMILES string of the molecule is CCOC(=O)NS(=O)(=O)N[C@@H](C(=O)O)c1ccccc1Cl. The molecule has 0 radical (unpaired) electrons. The molecule has 0 aliphatic heterocycles. The van der Waals surface area contributed by atoms with E-state index in [2.05, 4.69) is 4.74 Å². The number of halogens is 1. The first-order valence-electron chi connectivity index (χ1n) is 5.71. The van der Waals surface area contributed by atoms with Crippen LogP contribution >= 0.6 is 11.6 Å². The minimum Gasteiger partial charge on any atom is -0.480 e. The molecule has 0 spiro atoms. The van der Waals surface area contributed by atoms with E-state index in [1.807, 2.05) is 4.72 Å². The van der Waals surface area contributed by atoms with Crippen molar-refractivity contribution in [2.75, 3.05) is 6.61 Å².